The molecule has 2 aromatic heterocycles. The molecule has 11 nitrogen and oxygen atoms in total. The van der Waals surface area contributed by atoms with E-state index >= 15 is 0 Å². The summed E-state index contributed by atoms with van der Waals surface area (Å²) in [6.07, 6.45) is 7.57. The van der Waals surface area contributed by atoms with Gasteiger partial charge in [-0.05, 0) is 51.2 Å². The number of benzene rings is 1. The van der Waals surface area contributed by atoms with Gasteiger partial charge in [0.1, 0.15) is 11.6 Å². The van der Waals surface area contributed by atoms with Crippen LogP contribution in [0.3, 0.4) is 0 Å². The number of hydrogen-bond donors (Lipinski definition) is 2. The fourth-order valence-electron chi connectivity index (χ4n) is 5.97. The monoisotopic (exact) mass is 589 g/mol. The Labute approximate surface area is 253 Å². The van der Waals surface area contributed by atoms with Crippen molar-refractivity contribution in [2.45, 2.75) is 45.6 Å². The quantitative estimate of drug-likeness (QED) is 0.305. The average Bonchev–Trinajstić information content (AvgIpc) is 3.06. The van der Waals surface area contributed by atoms with Gasteiger partial charge < -0.3 is 29.9 Å². The van der Waals surface area contributed by atoms with Gasteiger partial charge in [-0.25, -0.2) is 15.0 Å². The third kappa shape index (κ3) is 7.70. The Bertz CT molecular complexity index is 1380. The molecule has 2 aliphatic heterocycles. The number of methoxy groups -OCH3 is 1. The molecule has 43 heavy (non-hydrogen) atoms. The molecule has 2 N–H and O–H groups in total. The summed E-state index contributed by atoms with van der Waals surface area (Å²) < 4.78 is 10.8. The number of pyridine rings is 1. The van der Waals surface area contributed by atoms with E-state index in [9.17, 15) is 9.59 Å². The molecule has 0 bridgehead atoms. The Morgan fingerprint density at radius 1 is 1.05 bits per heavy atom. The zero-order chi connectivity index (χ0) is 30.0. The highest BCUT2D eigenvalue weighted by Gasteiger charge is 2.33. The molecule has 5 rings (SSSR count). The molecular weight excluding hydrogens is 546 g/mol. The Balaban J connectivity index is 1.16. The Morgan fingerprint density at radius 2 is 1.88 bits per heavy atom. The average molecular weight is 590 g/mol. The first-order chi connectivity index (χ1) is 21.1. The van der Waals surface area contributed by atoms with Crippen LogP contribution in [-0.2, 0) is 20.9 Å². The van der Waals surface area contributed by atoms with E-state index < -0.39 is 0 Å². The summed E-state index contributed by atoms with van der Waals surface area (Å²) in [4.78, 5) is 44.3. The van der Waals surface area contributed by atoms with Gasteiger partial charge in [-0.2, -0.15) is 0 Å². The van der Waals surface area contributed by atoms with Gasteiger partial charge in [0.05, 0.1) is 23.9 Å². The van der Waals surface area contributed by atoms with E-state index in [1.54, 1.807) is 13.3 Å². The van der Waals surface area contributed by atoms with Gasteiger partial charge in [0.25, 0.3) is 0 Å². The summed E-state index contributed by atoms with van der Waals surface area (Å²) in [7, 11) is 1.66. The number of nitrogens with one attached hydrogen (secondary N) is 2. The maximum atomic E-state index is 13.5. The van der Waals surface area contributed by atoms with Crippen molar-refractivity contribution in [2.24, 2.45) is 11.8 Å². The lowest BCUT2D eigenvalue weighted by atomic mass is 9.92. The van der Waals surface area contributed by atoms with Crippen molar-refractivity contribution in [3.05, 3.63) is 48.3 Å². The first-order valence-electron chi connectivity index (χ1n) is 15.4. The van der Waals surface area contributed by atoms with E-state index in [2.05, 4.69) is 25.5 Å². The highest BCUT2D eigenvalue weighted by molar-refractivity contribution is 5.90. The number of para-hydroxylation sites is 1. The summed E-state index contributed by atoms with van der Waals surface area (Å²) >= 11 is 0. The molecule has 1 atom stereocenters. The van der Waals surface area contributed by atoms with Crippen molar-refractivity contribution < 1.29 is 19.1 Å². The lowest BCUT2D eigenvalue weighted by molar-refractivity contribution is -0.139. The summed E-state index contributed by atoms with van der Waals surface area (Å²) in [6.45, 7) is 7.17. The van der Waals surface area contributed by atoms with E-state index in [-0.39, 0.29) is 23.7 Å². The Kier molecular flexibility index (Phi) is 10.6. The summed E-state index contributed by atoms with van der Waals surface area (Å²) in [6, 6.07) is 9.75. The Morgan fingerprint density at radius 3 is 2.70 bits per heavy atom. The van der Waals surface area contributed by atoms with E-state index in [1.807, 2.05) is 48.4 Å². The van der Waals surface area contributed by atoms with E-state index in [4.69, 9.17) is 14.5 Å². The van der Waals surface area contributed by atoms with Crippen LogP contribution < -0.4 is 20.3 Å². The molecule has 1 unspecified atom stereocenters. The number of amides is 2. The van der Waals surface area contributed by atoms with Gasteiger partial charge >= 0.3 is 0 Å². The molecule has 2 aliphatic rings. The fourth-order valence-corrected chi connectivity index (χ4v) is 5.97. The normalized spacial score (nSPS) is 17.6. The smallest absolute Gasteiger partial charge is 0.227 e. The van der Waals surface area contributed by atoms with Gasteiger partial charge in [0.2, 0.25) is 17.8 Å². The first-order valence-corrected chi connectivity index (χ1v) is 15.4. The summed E-state index contributed by atoms with van der Waals surface area (Å²) in [5.41, 5.74) is 1.82. The molecular formula is C32H43N7O4. The molecule has 230 valence electrons. The van der Waals surface area contributed by atoms with Crippen LogP contribution in [-0.4, -0.2) is 84.7 Å². The standard InChI is InChI=1S/C32H43N7O4/c1-3-43-19-7-14-34-30(40)23-12-17-38(18-13-23)31(41)25-9-6-16-39(22-25)29-26-21-36-32(37-27(26)11-15-33-29)35-20-24-8-4-5-10-28(24)42-2/h4-5,8,10-11,15,21,23,25H,3,6-7,9,12-14,16-20,22H2,1-2H3,(H,34,40)(H,35,36,37). The van der Waals surface area contributed by atoms with E-state index in [1.165, 1.54) is 0 Å². The predicted octanol–water partition coefficient (Wildman–Crippen LogP) is 3.64. The first kappa shape index (κ1) is 30.5. The molecule has 2 amide bonds. The molecule has 0 saturated carbocycles. The van der Waals surface area contributed by atoms with Gasteiger partial charge in [-0.3, -0.25) is 9.59 Å². The topological polar surface area (TPSA) is 122 Å². The van der Waals surface area contributed by atoms with Crippen LogP contribution in [0.1, 0.15) is 44.6 Å². The number of carbonyl (C=O) groups excluding carboxylic acids is 2. The van der Waals surface area contributed by atoms with Crippen LogP contribution in [0.15, 0.2) is 42.7 Å². The summed E-state index contributed by atoms with van der Waals surface area (Å²) in [5, 5.41) is 7.19. The number of carbonyl (C=O) groups is 2. The zero-order valence-corrected chi connectivity index (χ0v) is 25.3. The number of ether oxygens (including phenoxy) is 2. The van der Waals surface area contributed by atoms with Crippen LogP contribution in [0.5, 0.6) is 5.75 Å². The number of anilines is 2. The minimum absolute atomic E-state index is 0.0343. The van der Waals surface area contributed by atoms with Crippen molar-refractivity contribution >= 4 is 34.5 Å². The van der Waals surface area contributed by atoms with Crippen molar-refractivity contribution in [3.8, 4) is 5.75 Å². The lowest BCUT2D eigenvalue weighted by Gasteiger charge is -2.38. The third-order valence-corrected chi connectivity index (χ3v) is 8.33. The fraction of sp³-hybridized carbons (Fsp3) is 0.531. The van der Waals surface area contributed by atoms with Crippen LogP contribution in [0.25, 0.3) is 10.9 Å². The molecule has 1 aromatic carbocycles. The Hall–Kier alpha value is -3.99. The number of rotatable bonds is 12. The summed E-state index contributed by atoms with van der Waals surface area (Å²) in [5.74, 6) is 2.30. The number of hydrogen-bond acceptors (Lipinski definition) is 9. The van der Waals surface area contributed by atoms with Gasteiger partial charge in [0.15, 0.2) is 0 Å². The molecule has 0 aliphatic carbocycles. The minimum atomic E-state index is -0.0996. The van der Waals surface area contributed by atoms with Crippen LogP contribution in [0.2, 0.25) is 0 Å². The second-order valence-electron chi connectivity index (χ2n) is 11.2. The highest BCUT2D eigenvalue weighted by atomic mass is 16.5. The van der Waals surface area contributed by atoms with Gasteiger partial charge in [0, 0.05) is 76.4 Å². The van der Waals surface area contributed by atoms with Crippen LogP contribution in [0.4, 0.5) is 11.8 Å². The maximum Gasteiger partial charge on any atom is 0.227 e. The van der Waals surface area contributed by atoms with Crippen molar-refractivity contribution in [3.63, 3.8) is 0 Å². The van der Waals surface area contributed by atoms with Crippen molar-refractivity contribution in [1.82, 2.24) is 25.2 Å². The number of aromatic nitrogens is 3. The molecule has 0 spiro atoms. The number of nitrogens with zero attached hydrogens (tertiary/aromatic N) is 5. The molecule has 0 radical (unpaired) electrons. The zero-order valence-electron chi connectivity index (χ0n) is 25.3. The highest BCUT2D eigenvalue weighted by Crippen LogP contribution is 2.30. The lowest BCUT2D eigenvalue weighted by Crippen LogP contribution is -2.49. The number of likely N-dealkylation sites (tertiary alicyclic amines) is 1. The van der Waals surface area contributed by atoms with Crippen LogP contribution in [0, 0.1) is 11.8 Å². The number of piperidine rings is 2. The molecule has 11 heteroatoms. The maximum absolute atomic E-state index is 13.5. The van der Waals surface area contributed by atoms with Crippen molar-refractivity contribution in [1.29, 1.82) is 0 Å². The van der Waals surface area contributed by atoms with Gasteiger partial charge in [-0.15, -0.1) is 0 Å². The second kappa shape index (κ2) is 15.0. The largest absolute Gasteiger partial charge is 0.496 e. The predicted molar refractivity (Wildman–Crippen MR) is 166 cm³/mol. The van der Waals surface area contributed by atoms with Crippen LogP contribution >= 0.6 is 0 Å². The molecule has 4 heterocycles. The molecule has 2 fully saturated rings. The molecule has 3 aromatic rings. The second-order valence-corrected chi connectivity index (χ2v) is 11.2. The SMILES string of the molecule is CCOCCCNC(=O)C1CCN(C(=O)C2CCCN(c3nccc4nc(NCc5ccccc5OC)ncc34)C2)CC1. The van der Waals surface area contributed by atoms with Gasteiger partial charge in [-0.1, -0.05) is 18.2 Å². The van der Waals surface area contributed by atoms with Crippen molar-refractivity contribution in [2.75, 3.05) is 63.3 Å². The van der Waals surface area contributed by atoms with E-state index in [0.29, 0.717) is 64.7 Å². The van der Waals surface area contributed by atoms with E-state index in [0.717, 1.165) is 53.8 Å². The molecule has 2 saturated heterocycles. The minimum Gasteiger partial charge on any atom is -0.496 e. The number of fused-ring (bicyclic) bond motifs is 1. The third-order valence-electron chi connectivity index (χ3n) is 8.33.